The first-order chi connectivity index (χ1) is 14.6. The van der Waals surface area contributed by atoms with Crippen molar-refractivity contribution in [2.75, 3.05) is 11.1 Å². The van der Waals surface area contributed by atoms with Crippen LogP contribution in [0.2, 0.25) is 0 Å². The molecule has 1 N–H and O–H groups in total. The highest BCUT2D eigenvalue weighted by molar-refractivity contribution is 7.99. The van der Waals surface area contributed by atoms with Gasteiger partial charge in [0.2, 0.25) is 5.91 Å². The van der Waals surface area contributed by atoms with Gasteiger partial charge in [-0.25, -0.2) is 0 Å². The normalized spacial score (nSPS) is 17.5. The fraction of sp³-hybridized carbons (Fsp3) is 0.304. The van der Waals surface area contributed by atoms with Gasteiger partial charge in [0.05, 0.1) is 5.75 Å². The average molecular weight is 421 g/mol. The molecule has 1 aromatic heterocycles. The van der Waals surface area contributed by atoms with Gasteiger partial charge in [-0.2, -0.15) is 0 Å². The summed E-state index contributed by atoms with van der Waals surface area (Å²) in [6.07, 6.45) is 1.09. The number of nitrogens with zero attached hydrogens (tertiary/aromatic N) is 3. The molecule has 2 unspecified atom stereocenters. The molecule has 0 saturated heterocycles. The van der Waals surface area contributed by atoms with E-state index in [4.69, 9.17) is 0 Å². The first-order valence-electron chi connectivity index (χ1n) is 10.1. The Kier molecular flexibility index (Phi) is 5.99. The number of rotatable bonds is 8. The van der Waals surface area contributed by atoms with Gasteiger partial charge in [0.25, 0.3) is 0 Å². The Hall–Kier alpha value is -2.93. The van der Waals surface area contributed by atoms with E-state index >= 15 is 0 Å². The van der Waals surface area contributed by atoms with Gasteiger partial charge >= 0.3 is 0 Å². The summed E-state index contributed by atoms with van der Waals surface area (Å²) in [5, 5.41) is 12.4. The van der Waals surface area contributed by atoms with Crippen LogP contribution in [0.1, 0.15) is 53.8 Å². The zero-order valence-electron chi connectivity index (χ0n) is 17.0. The number of carbonyl (C=O) groups excluding carboxylic acids is 2. The maximum atomic E-state index is 12.3. The third-order valence-corrected chi connectivity index (χ3v) is 6.29. The van der Waals surface area contributed by atoms with E-state index in [1.54, 1.807) is 24.3 Å². The molecule has 1 amide bonds. The Morgan fingerprint density at radius 2 is 1.80 bits per heavy atom. The molecule has 1 saturated carbocycles. The minimum atomic E-state index is -0.114. The monoisotopic (exact) mass is 420 g/mol. The minimum absolute atomic E-state index is 0.00306. The van der Waals surface area contributed by atoms with Gasteiger partial charge in [-0.3, -0.25) is 9.59 Å². The molecule has 2 aromatic carbocycles. The molecule has 1 fully saturated rings. The largest absolute Gasteiger partial charge is 0.325 e. The lowest BCUT2D eigenvalue weighted by Crippen LogP contribution is -2.14. The highest BCUT2D eigenvalue weighted by Gasteiger charge is 2.43. The van der Waals surface area contributed by atoms with Crippen molar-refractivity contribution < 1.29 is 9.59 Å². The van der Waals surface area contributed by atoms with Crippen LogP contribution in [0.15, 0.2) is 59.8 Å². The predicted molar refractivity (Wildman–Crippen MR) is 118 cm³/mol. The molecule has 1 aliphatic carbocycles. The third kappa shape index (κ3) is 4.46. The molecule has 3 aromatic rings. The molecule has 0 bridgehead atoms. The lowest BCUT2D eigenvalue weighted by atomic mass is 10.1. The van der Waals surface area contributed by atoms with Crippen molar-refractivity contribution in [2.24, 2.45) is 0 Å². The molecule has 0 radical (unpaired) electrons. The first kappa shape index (κ1) is 20.3. The maximum absolute atomic E-state index is 12.3. The standard InChI is InChI=1S/C23H24N4O2S/c1-3-27-22(20-13-19(20)17-7-5-4-6-8-17)25-26-23(27)30-14-21(29)24-18-11-9-16(10-12-18)15(2)28/h4-12,19-20H,3,13-14H2,1-2H3,(H,24,29). The summed E-state index contributed by atoms with van der Waals surface area (Å²) in [4.78, 5) is 23.7. The van der Waals surface area contributed by atoms with Crippen LogP contribution in [0.4, 0.5) is 5.69 Å². The molecule has 6 nitrogen and oxygen atoms in total. The molecule has 1 aliphatic rings. The molecule has 0 aliphatic heterocycles. The molecule has 154 valence electrons. The molecular weight excluding hydrogens is 396 g/mol. The van der Waals surface area contributed by atoms with Crippen LogP contribution in [-0.2, 0) is 11.3 Å². The number of ketones is 1. The number of thioether (sulfide) groups is 1. The molecule has 0 spiro atoms. The Balaban J connectivity index is 1.36. The minimum Gasteiger partial charge on any atom is -0.325 e. The molecule has 4 rings (SSSR count). The van der Waals surface area contributed by atoms with E-state index in [0.717, 1.165) is 23.9 Å². The van der Waals surface area contributed by atoms with Crippen molar-refractivity contribution in [3.8, 4) is 0 Å². The summed E-state index contributed by atoms with van der Waals surface area (Å²) < 4.78 is 2.12. The Bertz CT molecular complexity index is 1050. The van der Waals surface area contributed by atoms with Gasteiger partial charge in [0.1, 0.15) is 5.82 Å². The maximum Gasteiger partial charge on any atom is 0.234 e. The first-order valence-corrected chi connectivity index (χ1v) is 11.1. The summed E-state index contributed by atoms with van der Waals surface area (Å²) in [6.45, 7) is 4.37. The fourth-order valence-corrected chi connectivity index (χ4v) is 4.45. The van der Waals surface area contributed by atoms with Crippen LogP contribution >= 0.6 is 11.8 Å². The van der Waals surface area contributed by atoms with Crippen LogP contribution in [0, 0.1) is 0 Å². The number of carbonyl (C=O) groups is 2. The molecule has 7 heteroatoms. The highest BCUT2D eigenvalue weighted by Crippen LogP contribution is 2.54. The van der Waals surface area contributed by atoms with Gasteiger partial charge in [-0.1, -0.05) is 42.1 Å². The van der Waals surface area contributed by atoms with E-state index < -0.39 is 0 Å². The van der Waals surface area contributed by atoms with Crippen molar-refractivity contribution >= 4 is 29.1 Å². The second-order valence-electron chi connectivity index (χ2n) is 7.41. The molecule has 1 heterocycles. The summed E-state index contributed by atoms with van der Waals surface area (Å²) >= 11 is 1.39. The van der Waals surface area contributed by atoms with Crippen LogP contribution in [0.5, 0.6) is 0 Å². The van der Waals surface area contributed by atoms with Crippen molar-refractivity contribution in [3.63, 3.8) is 0 Å². The molecular formula is C23H24N4O2S. The third-order valence-electron chi connectivity index (χ3n) is 5.32. The van der Waals surface area contributed by atoms with E-state index in [9.17, 15) is 9.59 Å². The van der Waals surface area contributed by atoms with Crippen molar-refractivity contribution in [3.05, 3.63) is 71.5 Å². The number of amides is 1. The Morgan fingerprint density at radius 3 is 2.47 bits per heavy atom. The van der Waals surface area contributed by atoms with Crippen molar-refractivity contribution in [2.45, 2.75) is 43.8 Å². The average Bonchev–Trinajstić information content (AvgIpc) is 3.45. The van der Waals surface area contributed by atoms with Crippen LogP contribution in [0.25, 0.3) is 0 Å². The van der Waals surface area contributed by atoms with E-state index in [-0.39, 0.29) is 17.4 Å². The predicted octanol–water partition coefficient (Wildman–Crippen LogP) is 4.50. The second-order valence-corrected chi connectivity index (χ2v) is 8.36. The number of hydrogen-bond acceptors (Lipinski definition) is 5. The lowest BCUT2D eigenvalue weighted by Gasteiger charge is -2.08. The van der Waals surface area contributed by atoms with Crippen LogP contribution in [0.3, 0.4) is 0 Å². The van der Waals surface area contributed by atoms with Gasteiger partial charge < -0.3 is 9.88 Å². The summed E-state index contributed by atoms with van der Waals surface area (Å²) in [7, 11) is 0. The van der Waals surface area contributed by atoms with Gasteiger partial charge in [0.15, 0.2) is 10.9 Å². The summed E-state index contributed by atoms with van der Waals surface area (Å²) in [5.41, 5.74) is 2.64. The summed E-state index contributed by atoms with van der Waals surface area (Å²) in [5.74, 6) is 2.04. The van der Waals surface area contributed by atoms with Gasteiger partial charge in [0, 0.05) is 23.7 Å². The van der Waals surface area contributed by atoms with Crippen LogP contribution in [-0.4, -0.2) is 32.2 Å². The molecule has 2 atom stereocenters. The number of nitrogens with one attached hydrogen (secondary N) is 1. The van der Waals surface area contributed by atoms with E-state index in [2.05, 4.69) is 51.3 Å². The topological polar surface area (TPSA) is 76.9 Å². The number of aromatic nitrogens is 3. The fourth-order valence-electron chi connectivity index (χ4n) is 3.64. The van der Waals surface area contributed by atoms with Crippen molar-refractivity contribution in [1.29, 1.82) is 0 Å². The Labute approximate surface area is 180 Å². The smallest absolute Gasteiger partial charge is 0.234 e. The zero-order valence-corrected chi connectivity index (χ0v) is 17.9. The van der Waals surface area contributed by atoms with Crippen molar-refractivity contribution in [1.82, 2.24) is 14.8 Å². The summed E-state index contributed by atoms with van der Waals surface area (Å²) in [6, 6.07) is 17.4. The van der Waals surface area contributed by atoms with E-state index in [1.165, 1.54) is 24.2 Å². The van der Waals surface area contributed by atoms with Crippen LogP contribution < -0.4 is 5.32 Å². The number of Topliss-reactive ketones (excluding diaryl/α,β-unsaturated/α-hetero) is 1. The molecule has 30 heavy (non-hydrogen) atoms. The quantitative estimate of drug-likeness (QED) is 0.429. The lowest BCUT2D eigenvalue weighted by molar-refractivity contribution is -0.113. The van der Waals surface area contributed by atoms with Gasteiger partial charge in [-0.05, 0) is 56.0 Å². The van der Waals surface area contributed by atoms with E-state index in [1.807, 2.05) is 6.07 Å². The highest BCUT2D eigenvalue weighted by atomic mass is 32.2. The second kappa shape index (κ2) is 8.83. The zero-order chi connectivity index (χ0) is 21.1. The van der Waals surface area contributed by atoms with E-state index in [0.29, 0.717) is 23.1 Å². The number of benzene rings is 2. The number of hydrogen-bond donors (Lipinski definition) is 1. The Morgan fingerprint density at radius 1 is 1.07 bits per heavy atom. The van der Waals surface area contributed by atoms with Gasteiger partial charge in [-0.15, -0.1) is 10.2 Å². The SMILES string of the molecule is CCn1c(SCC(=O)Nc2ccc(C(C)=O)cc2)nnc1C1CC1c1ccccc1. The number of anilines is 1.